The van der Waals surface area contributed by atoms with E-state index in [-0.39, 0.29) is 5.24 Å². The number of rotatable bonds is 0. The summed E-state index contributed by atoms with van der Waals surface area (Å²) in [6, 6.07) is 0. The van der Waals surface area contributed by atoms with Crippen molar-refractivity contribution < 1.29 is 13.2 Å². The zero-order chi connectivity index (χ0) is 8.08. The number of hydrogen-bond donors (Lipinski definition) is 0. The lowest BCUT2D eigenvalue weighted by Gasteiger charge is -1.65. The van der Waals surface area contributed by atoms with E-state index in [9.17, 15) is 13.2 Å². The predicted molar refractivity (Wildman–Crippen MR) is 37.2 cm³/mol. The number of hydrogen-bond acceptors (Lipinski definition) is 3. The molecule has 0 spiro atoms. The van der Waals surface area contributed by atoms with Gasteiger partial charge in [-0.25, -0.2) is 8.42 Å². The number of carbonyl (C=O) groups excluding carboxylic acids is 1. The van der Waals surface area contributed by atoms with Gasteiger partial charge >= 0.3 is 0 Å². The summed E-state index contributed by atoms with van der Waals surface area (Å²) in [5, 5.41) is -0.361. The largest absolute Gasteiger partial charge is 0.282 e. The Morgan fingerprint density at radius 3 is 1.44 bits per heavy atom. The second-order valence-electron chi connectivity index (χ2n) is 1.15. The Hall–Kier alpha value is 0.200. The van der Waals surface area contributed by atoms with Crippen LogP contribution in [0.3, 0.4) is 0 Å². The van der Waals surface area contributed by atoms with Crippen molar-refractivity contribution in [2.24, 2.45) is 0 Å². The van der Waals surface area contributed by atoms with Gasteiger partial charge in [-0.05, 0) is 11.6 Å². The Bertz CT molecular complexity index is 159. The van der Waals surface area contributed by atoms with E-state index in [2.05, 4.69) is 22.3 Å². The molecule has 0 saturated carbocycles. The molecule has 0 amide bonds. The molecule has 0 N–H and O–H groups in total. The van der Waals surface area contributed by atoms with Gasteiger partial charge in [-0.3, -0.25) is 4.79 Å². The summed E-state index contributed by atoms with van der Waals surface area (Å²) < 4.78 is 18.8. The molecule has 0 heterocycles. The molecular formula is C3H6Cl2O3S. The first-order chi connectivity index (χ1) is 3.73. The Morgan fingerprint density at radius 1 is 1.44 bits per heavy atom. The average Bonchev–Trinajstić information content (AvgIpc) is 1.19. The summed E-state index contributed by atoms with van der Waals surface area (Å²) >= 11 is 4.64. The van der Waals surface area contributed by atoms with E-state index in [1.165, 1.54) is 6.92 Å². The monoisotopic (exact) mass is 192 g/mol. The minimum Gasteiger partial charge on any atom is -0.282 e. The Balaban J connectivity index is 0. The van der Waals surface area contributed by atoms with Crippen molar-refractivity contribution >= 4 is 36.6 Å². The third-order valence-electron chi connectivity index (χ3n) is 0. The summed E-state index contributed by atoms with van der Waals surface area (Å²) in [7, 11) is 1.31. The Labute approximate surface area is 63.4 Å². The predicted octanol–water partition coefficient (Wildman–Crippen LogP) is 0.957. The quantitative estimate of drug-likeness (QED) is 0.538. The lowest BCUT2D eigenvalue weighted by Crippen LogP contribution is -1.76. The molecule has 0 aliphatic carbocycles. The normalized spacial score (nSPS) is 9.33. The molecule has 0 saturated heterocycles. The zero-order valence-corrected chi connectivity index (χ0v) is 7.22. The fourth-order valence-electron chi connectivity index (χ4n) is 0. The van der Waals surface area contributed by atoms with E-state index >= 15 is 0 Å². The maximum absolute atomic E-state index is 9.40. The molecule has 3 nitrogen and oxygen atoms in total. The second-order valence-corrected chi connectivity index (χ2v) is 4.73. The van der Waals surface area contributed by atoms with Gasteiger partial charge in [0.05, 0.1) is 6.26 Å². The van der Waals surface area contributed by atoms with Crippen molar-refractivity contribution in [1.82, 2.24) is 0 Å². The number of carbonyl (C=O) groups is 1. The molecule has 0 aliphatic rings. The van der Waals surface area contributed by atoms with Crippen LogP contribution in [0.1, 0.15) is 6.92 Å². The van der Waals surface area contributed by atoms with Crippen molar-refractivity contribution in [3.8, 4) is 0 Å². The van der Waals surface area contributed by atoms with Crippen molar-refractivity contribution in [3.05, 3.63) is 0 Å². The Kier molecular flexibility index (Phi) is 6.66. The van der Waals surface area contributed by atoms with Crippen LogP contribution >= 0.6 is 22.3 Å². The first-order valence-corrected chi connectivity index (χ1v) is 4.88. The Morgan fingerprint density at radius 2 is 1.44 bits per heavy atom. The summed E-state index contributed by atoms with van der Waals surface area (Å²) in [4.78, 5) is 9.21. The fourth-order valence-corrected chi connectivity index (χ4v) is 0. The molecule has 0 aromatic carbocycles. The first-order valence-electron chi connectivity index (χ1n) is 1.79. The molecule has 0 atom stereocenters. The van der Waals surface area contributed by atoms with E-state index < -0.39 is 9.05 Å². The van der Waals surface area contributed by atoms with Crippen LogP contribution in [-0.2, 0) is 13.8 Å². The topological polar surface area (TPSA) is 51.2 Å². The summed E-state index contributed by atoms with van der Waals surface area (Å²) in [6.45, 7) is 1.29. The molecule has 0 unspecified atom stereocenters. The summed E-state index contributed by atoms with van der Waals surface area (Å²) in [6.07, 6.45) is 0.925. The van der Waals surface area contributed by atoms with Gasteiger partial charge in [-0.15, -0.1) is 0 Å². The molecule has 0 radical (unpaired) electrons. The van der Waals surface area contributed by atoms with Gasteiger partial charge in [0, 0.05) is 17.6 Å². The van der Waals surface area contributed by atoms with E-state index in [0.29, 0.717) is 0 Å². The van der Waals surface area contributed by atoms with E-state index in [1.807, 2.05) is 0 Å². The molecular weight excluding hydrogens is 187 g/mol. The van der Waals surface area contributed by atoms with Crippen LogP contribution in [0.15, 0.2) is 0 Å². The van der Waals surface area contributed by atoms with Crippen LogP contribution < -0.4 is 0 Å². The molecule has 9 heavy (non-hydrogen) atoms. The van der Waals surface area contributed by atoms with Gasteiger partial charge in [0.25, 0.3) is 0 Å². The average molecular weight is 193 g/mol. The van der Waals surface area contributed by atoms with Crippen molar-refractivity contribution in [2.45, 2.75) is 6.92 Å². The van der Waals surface area contributed by atoms with Crippen LogP contribution in [0.5, 0.6) is 0 Å². The highest BCUT2D eigenvalue weighted by atomic mass is 35.7. The maximum atomic E-state index is 9.40. The van der Waals surface area contributed by atoms with Gasteiger partial charge in [0.2, 0.25) is 14.3 Å². The van der Waals surface area contributed by atoms with Crippen molar-refractivity contribution in [3.63, 3.8) is 0 Å². The molecule has 56 valence electrons. The van der Waals surface area contributed by atoms with E-state index in [1.54, 1.807) is 0 Å². The highest BCUT2D eigenvalue weighted by Gasteiger charge is 1.83. The minimum atomic E-state index is -3.19. The molecule has 0 rings (SSSR count). The number of halogens is 2. The summed E-state index contributed by atoms with van der Waals surface area (Å²) in [5.74, 6) is 0. The van der Waals surface area contributed by atoms with Crippen LogP contribution in [0.25, 0.3) is 0 Å². The highest BCUT2D eigenvalue weighted by molar-refractivity contribution is 8.13. The van der Waals surface area contributed by atoms with Gasteiger partial charge in [0.1, 0.15) is 0 Å². The maximum Gasteiger partial charge on any atom is 0.229 e. The van der Waals surface area contributed by atoms with Crippen LogP contribution in [-0.4, -0.2) is 19.9 Å². The highest BCUT2D eigenvalue weighted by Crippen LogP contribution is 1.83. The molecule has 0 aromatic rings. The van der Waals surface area contributed by atoms with Crippen LogP contribution in [0.4, 0.5) is 0 Å². The molecule has 0 fully saturated rings. The molecule has 6 heteroatoms. The summed E-state index contributed by atoms with van der Waals surface area (Å²) in [5.41, 5.74) is 0. The van der Waals surface area contributed by atoms with E-state index in [0.717, 1.165) is 6.26 Å². The third-order valence-corrected chi connectivity index (χ3v) is 0. The molecule has 0 aliphatic heterocycles. The van der Waals surface area contributed by atoms with Crippen molar-refractivity contribution in [2.75, 3.05) is 6.26 Å². The minimum absolute atomic E-state index is 0.361. The van der Waals surface area contributed by atoms with Crippen LogP contribution in [0.2, 0.25) is 0 Å². The lowest BCUT2D eigenvalue weighted by atomic mass is 10.9. The third kappa shape index (κ3) is 7880. The fraction of sp³-hybridized carbons (Fsp3) is 0.667. The molecule has 0 bridgehead atoms. The van der Waals surface area contributed by atoms with Gasteiger partial charge in [-0.2, -0.15) is 0 Å². The van der Waals surface area contributed by atoms with Crippen LogP contribution in [0, 0.1) is 0 Å². The first kappa shape index (κ1) is 11.9. The smallest absolute Gasteiger partial charge is 0.229 e. The lowest BCUT2D eigenvalue weighted by molar-refractivity contribution is -0.109. The SMILES string of the molecule is CC(=O)Cl.CS(=O)(=O)Cl. The second kappa shape index (κ2) is 5.02. The molecule has 0 aromatic heterocycles. The van der Waals surface area contributed by atoms with Gasteiger partial charge in [-0.1, -0.05) is 0 Å². The van der Waals surface area contributed by atoms with Gasteiger partial charge in [0.15, 0.2) is 0 Å². The van der Waals surface area contributed by atoms with Crippen molar-refractivity contribution in [1.29, 1.82) is 0 Å². The van der Waals surface area contributed by atoms with Gasteiger partial charge < -0.3 is 0 Å². The standard InChI is InChI=1S/C2H3ClO.CH3ClO2S/c1-2(3)4;1-5(2,3)4/h1H3;1H3. The zero-order valence-electron chi connectivity index (χ0n) is 4.89. The van der Waals surface area contributed by atoms with E-state index in [4.69, 9.17) is 0 Å².